The van der Waals surface area contributed by atoms with Crippen molar-refractivity contribution in [1.82, 2.24) is 0 Å². The lowest BCUT2D eigenvalue weighted by Gasteiger charge is -2.16. The minimum absolute atomic E-state index is 0.138. The number of allylic oxidation sites excluding steroid dienone is 4. The summed E-state index contributed by atoms with van der Waals surface area (Å²) in [5, 5.41) is 10.9. The van der Waals surface area contributed by atoms with Gasteiger partial charge in [0.15, 0.2) is 0 Å². The number of rotatable bonds is 2. The van der Waals surface area contributed by atoms with E-state index in [1.807, 2.05) is 30.3 Å². The number of benzene rings is 1. The van der Waals surface area contributed by atoms with Crippen molar-refractivity contribution >= 4 is 17.1 Å². The lowest BCUT2D eigenvalue weighted by molar-refractivity contribution is -0.428. The number of hydrogen-bond acceptors (Lipinski definition) is 3. The van der Waals surface area contributed by atoms with E-state index in [9.17, 15) is 10.1 Å². The summed E-state index contributed by atoms with van der Waals surface area (Å²) in [5.74, 6) is -0.406. The van der Waals surface area contributed by atoms with Crippen LogP contribution >= 0.6 is 12.2 Å². The van der Waals surface area contributed by atoms with Crippen LogP contribution in [-0.4, -0.2) is 9.79 Å². The maximum Gasteiger partial charge on any atom is 0.258 e. The summed E-state index contributed by atoms with van der Waals surface area (Å²) in [6, 6.07) is 9.29. The molecule has 1 aliphatic carbocycles. The Morgan fingerprint density at radius 2 is 1.94 bits per heavy atom. The van der Waals surface area contributed by atoms with Gasteiger partial charge in [0.1, 0.15) is 5.92 Å². The topological polar surface area (TPSA) is 43.1 Å². The number of nitrogens with zero attached hydrogens (tertiary/aromatic N) is 1. The monoisotopic (exact) mass is 231 g/mol. The summed E-state index contributed by atoms with van der Waals surface area (Å²) in [7, 11) is 0. The van der Waals surface area contributed by atoms with Crippen molar-refractivity contribution in [2.45, 2.75) is 5.92 Å². The van der Waals surface area contributed by atoms with E-state index in [4.69, 9.17) is 12.2 Å². The Hall–Kier alpha value is -1.81. The minimum Gasteiger partial charge on any atom is -0.259 e. The van der Waals surface area contributed by atoms with Crippen molar-refractivity contribution in [1.29, 1.82) is 0 Å². The van der Waals surface area contributed by atoms with Crippen molar-refractivity contribution in [3.05, 3.63) is 69.9 Å². The van der Waals surface area contributed by atoms with Crippen LogP contribution < -0.4 is 0 Å². The fourth-order valence-corrected chi connectivity index (χ4v) is 2.06. The molecule has 1 atom stereocenters. The Bertz CT molecular complexity index is 491. The van der Waals surface area contributed by atoms with Gasteiger partial charge in [-0.3, -0.25) is 10.1 Å². The number of nitro groups is 1. The first-order chi connectivity index (χ1) is 7.70. The Labute approximate surface area is 98.2 Å². The van der Waals surface area contributed by atoms with E-state index >= 15 is 0 Å². The maximum absolute atomic E-state index is 10.9. The van der Waals surface area contributed by atoms with E-state index < -0.39 is 5.92 Å². The van der Waals surface area contributed by atoms with Crippen LogP contribution in [-0.2, 0) is 0 Å². The molecule has 0 fully saturated rings. The van der Waals surface area contributed by atoms with Crippen LogP contribution in [0.2, 0.25) is 0 Å². The quantitative estimate of drug-likeness (QED) is 0.446. The highest BCUT2D eigenvalue weighted by atomic mass is 32.1. The average Bonchev–Trinajstić information content (AvgIpc) is 2.29. The zero-order valence-electron chi connectivity index (χ0n) is 8.37. The summed E-state index contributed by atoms with van der Waals surface area (Å²) in [4.78, 5) is 11.1. The van der Waals surface area contributed by atoms with Gasteiger partial charge in [-0.2, -0.15) is 0 Å². The van der Waals surface area contributed by atoms with E-state index in [1.54, 1.807) is 12.2 Å². The Morgan fingerprint density at radius 1 is 1.25 bits per heavy atom. The van der Waals surface area contributed by atoms with Crippen LogP contribution in [0.15, 0.2) is 54.3 Å². The number of thiocarbonyl (C=S) groups is 1. The zero-order valence-corrected chi connectivity index (χ0v) is 9.18. The van der Waals surface area contributed by atoms with Gasteiger partial charge in [-0.15, -0.1) is 0 Å². The first kappa shape index (κ1) is 10.7. The summed E-state index contributed by atoms with van der Waals surface area (Å²) in [6.45, 7) is 0. The molecule has 1 unspecified atom stereocenters. The molecule has 2 rings (SSSR count). The minimum atomic E-state index is -0.406. The zero-order chi connectivity index (χ0) is 11.5. The average molecular weight is 231 g/mol. The molecule has 3 nitrogen and oxygen atoms in total. The van der Waals surface area contributed by atoms with Gasteiger partial charge in [0, 0.05) is 10.9 Å². The second kappa shape index (κ2) is 4.37. The molecule has 80 valence electrons. The Balaban J connectivity index is 2.46. The predicted molar refractivity (Wildman–Crippen MR) is 66.0 cm³/mol. The molecule has 0 aliphatic heterocycles. The van der Waals surface area contributed by atoms with Gasteiger partial charge in [-0.25, -0.2) is 0 Å². The van der Waals surface area contributed by atoms with Gasteiger partial charge >= 0.3 is 0 Å². The highest BCUT2D eigenvalue weighted by Crippen LogP contribution is 2.29. The third-order valence-electron chi connectivity index (χ3n) is 2.45. The molecule has 0 amide bonds. The lowest BCUT2D eigenvalue weighted by atomic mass is 9.89. The van der Waals surface area contributed by atoms with Crippen LogP contribution in [0.5, 0.6) is 0 Å². The third kappa shape index (κ3) is 1.92. The smallest absolute Gasteiger partial charge is 0.258 e. The van der Waals surface area contributed by atoms with Gasteiger partial charge in [-0.05, 0) is 11.6 Å². The molecule has 0 bridgehead atoms. The highest BCUT2D eigenvalue weighted by Gasteiger charge is 2.30. The SMILES string of the molecule is O=[N+]([O-])C1=CC=CC(=S)C1c1ccccc1. The van der Waals surface area contributed by atoms with Gasteiger partial charge in [0.2, 0.25) is 0 Å². The summed E-state index contributed by atoms with van der Waals surface area (Å²) in [6.07, 6.45) is 4.87. The normalized spacial score (nSPS) is 19.4. The van der Waals surface area contributed by atoms with Crippen LogP contribution in [0.25, 0.3) is 0 Å². The van der Waals surface area contributed by atoms with E-state index in [1.165, 1.54) is 6.08 Å². The Kier molecular flexibility index (Phi) is 2.92. The van der Waals surface area contributed by atoms with E-state index in [0.717, 1.165) is 5.56 Å². The molecule has 0 N–H and O–H groups in total. The maximum atomic E-state index is 10.9. The lowest BCUT2D eigenvalue weighted by Crippen LogP contribution is -2.18. The van der Waals surface area contributed by atoms with Crippen LogP contribution in [0.3, 0.4) is 0 Å². The summed E-state index contributed by atoms with van der Waals surface area (Å²) in [5.41, 5.74) is 0.999. The molecule has 1 aliphatic rings. The summed E-state index contributed by atoms with van der Waals surface area (Å²) < 4.78 is 0. The fourth-order valence-electron chi connectivity index (χ4n) is 1.73. The molecular formula is C12H9NO2S. The van der Waals surface area contributed by atoms with Crippen molar-refractivity contribution in [3.8, 4) is 0 Å². The van der Waals surface area contributed by atoms with Crippen molar-refractivity contribution in [3.63, 3.8) is 0 Å². The molecule has 0 saturated carbocycles. The molecule has 0 aromatic heterocycles. The molecule has 1 aromatic rings. The van der Waals surface area contributed by atoms with Crippen molar-refractivity contribution < 1.29 is 4.92 Å². The van der Waals surface area contributed by atoms with E-state index in [-0.39, 0.29) is 10.6 Å². The highest BCUT2D eigenvalue weighted by molar-refractivity contribution is 7.80. The largest absolute Gasteiger partial charge is 0.259 e. The van der Waals surface area contributed by atoms with Crippen molar-refractivity contribution in [2.75, 3.05) is 0 Å². The standard InChI is InChI=1S/C12H9NO2S/c14-13(15)10-7-4-8-11(16)12(10)9-5-2-1-3-6-9/h1-8,12H. The van der Waals surface area contributed by atoms with Crippen LogP contribution in [0, 0.1) is 10.1 Å². The van der Waals surface area contributed by atoms with Gasteiger partial charge < -0.3 is 0 Å². The van der Waals surface area contributed by atoms with Crippen LogP contribution in [0.1, 0.15) is 11.5 Å². The molecule has 4 heteroatoms. The molecule has 0 spiro atoms. The molecular weight excluding hydrogens is 222 g/mol. The fraction of sp³-hybridized carbons (Fsp3) is 0.0833. The van der Waals surface area contributed by atoms with E-state index in [2.05, 4.69) is 0 Å². The second-order valence-corrected chi connectivity index (χ2v) is 3.93. The molecule has 0 radical (unpaired) electrons. The van der Waals surface area contributed by atoms with Crippen molar-refractivity contribution in [2.24, 2.45) is 0 Å². The van der Waals surface area contributed by atoms with E-state index in [0.29, 0.717) is 4.86 Å². The molecule has 0 heterocycles. The van der Waals surface area contributed by atoms with Gasteiger partial charge in [0.25, 0.3) is 5.70 Å². The van der Waals surface area contributed by atoms with Gasteiger partial charge in [0.05, 0.1) is 4.92 Å². The second-order valence-electron chi connectivity index (χ2n) is 3.45. The van der Waals surface area contributed by atoms with Gasteiger partial charge in [-0.1, -0.05) is 48.6 Å². The Morgan fingerprint density at radius 3 is 2.56 bits per heavy atom. The molecule has 1 aromatic carbocycles. The molecule has 16 heavy (non-hydrogen) atoms. The first-order valence-electron chi connectivity index (χ1n) is 4.81. The predicted octanol–water partition coefficient (Wildman–Crippen LogP) is 2.87. The number of hydrogen-bond donors (Lipinski definition) is 0. The third-order valence-corrected chi connectivity index (χ3v) is 2.82. The molecule has 0 saturated heterocycles. The summed E-state index contributed by atoms with van der Waals surface area (Å²) >= 11 is 5.17. The van der Waals surface area contributed by atoms with Crippen LogP contribution in [0.4, 0.5) is 0 Å². The first-order valence-corrected chi connectivity index (χ1v) is 5.22.